The van der Waals surface area contributed by atoms with Gasteiger partial charge in [0.25, 0.3) is 0 Å². The zero-order chi connectivity index (χ0) is 9.80. The molecule has 0 N–H and O–H groups in total. The summed E-state index contributed by atoms with van der Waals surface area (Å²) in [5.41, 5.74) is 2.69. The van der Waals surface area contributed by atoms with Gasteiger partial charge in [0.2, 0.25) is 0 Å². The van der Waals surface area contributed by atoms with Crippen LogP contribution in [0.1, 0.15) is 11.3 Å². The number of pyridine rings is 1. The Bertz CT molecular complexity index is 412. The van der Waals surface area contributed by atoms with E-state index in [2.05, 4.69) is 66.3 Å². The molecule has 2 rings (SSSR count). The molecule has 0 radical (unpaired) electrons. The average Bonchev–Trinajstić information content (AvgIpc) is 2.23. The highest BCUT2D eigenvalue weighted by Gasteiger charge is 2.04. The first-order valence-corrected chi connectivity index (χ1v) is 4.84. The van der Waals surface area contributed by atoms with Crippen molar-refractivity contribution in [1.82, 2.24) is 0 Å². The Hall–Kier alpha value is -1.15. The standard InChI is InChI=1S/C13H14N.BrH/c1-14-10-6-5-9-13(14)11-12-7-3-2-4-8-12;/h2-10H,11H2,1H3;1H/q+1;/p-1. The SMILES string of the molecule is C[n+]1ccccc1Cc1ccccc1.[Br-]. The summed E-state index contributed by atoms with van der Waals surface area (Å²) in [6.07, 6.45) is 3.08. The molecule has 1 heterocycles. The zero-order valence-corrected chi connectivity index (χ0v) is 10.3. The van der Waals surface area contributed by atoms with Crippen LogP contribution in [-0.4, -0.2) is 0 Å². The molecule has 0 amide bonds. The summed E-state index contributed by atoms with van der Waals surface area (Å²) in [5.74, 6) is 0. The molecule has 15 heavy (non-hydrogen) atoms. The maximum atomic E-state index is 2.16. The number of aromatic nitrogens is 1. The van der Waals surface area contributed by atoms with Crippen molar-refractivity contribution in [2.24, 2.45) is 7.05 Å². The molecule has 0 aliphatic carbocycles. The topological polar surface area (TPSA) is 3.88 Å². The van der Waals surface area contributed by atoms with E-state index >= 15 is 0 Å². The predicted molar refractivity (Wildman–Crippen MR) is 56.9 cm³/mol. The minimum atomic E-state index is 0. The molecule has 0 aliphatic heterocycles. The fraction of sp³-hybridized carbons (Fsp3) is 0.154. The van der Waals surface area contributed by atoms with Crippen LogP contribution in [0.15, 0.2) is 54.7 Å². The molecule has 0 fully saturated rings. The summed E-state index contributed by atoms with van der Waals surface area (Å²) in [7, 11) is 2.08. The number of aryl methyl sites for hydroxylation is 1. The minimum Gasteiger partial charge on any atom is -1.00 e. The molecule has 2 heteroatoms. The van der Waals surface area contributed by atoms with Crippen LogP contribution in [-0.2, 0) is 13.5 Å². The van der Waals surface area contributed by atoms with Gasteiger partial charge in [0.05, 0.1) is 6.42 Å². The van der Waals surface area contributed by atoms with E-state index in [1.165, 1.54) is 11.3 Å². The second-order valence-corrected chi connectivity index (χ2v) is 3.47. The molecule has 0 bridgehead atoms. The summed E-state index contributed by atoms with van der Waals surface area (Å²) in [6, 6.07) is 16.8. The summed E-state index contributed by atoms with van der Waals surface area (Å²) in [6.45, 7) is 0. The molecule has 78 valence electrons. The van der Waals surface area contributed by atoms with E-state index in [9.17, 15) is 0 Å². The molecular formula is C13H14BrN. The first-order chi connectivity index (χ1) is 6.86. The predicted octanol–water partition coefficient (Wildman–Crippen LogP) is -0.894. The maximum Gasteiger partial charge on any atom is 0.185 e. The van der Waals surface area contributed by atoms with Crippen molar-refractivity contribution in [3.05, 3.63) is 66.0 Å². The molecule has 1 aromatic heterocycles. The van der Waals surface area contributed by atoms with E-state index in [0.717, 1.165) is 6.42 Å². The van der Waals surface area contributed by atoms with Gasteiger partial charge in [-0.1, -0.05) is 36.4 Å². The lowest BCUT2D eigenvalue weighted by atomic mass is 10.1. The van der Waals surface area contributed by atoms with Crippen molar-refractivity contribution in [3.63, 3.8) is 0 Å². The number of rotatable bonds is 2. The Labute approximate surface area is 101 Å². The normalized spacial score (nSPS) is 9.40. The van der Waals surface area contributed by atoms with Crippen molar-refractivity contribution in [3.8, 4) is 0 Å². The Morgan fingerprint density at radius 3 is 2.27 bits per heavy atom. The second-order valence-electron chi connectivity index (χ2n) is 3.47. The number of benzene rings is 1. The van der Waals surface area contributed by atoms with Gasteiger partial charge in [-0.05, 0) is 5.56 Å². The van der Waals surface area contributed by atoms with Gasteiger partial charge in [-0.25, -0.2) is 4.57 Å². The highest BCUT2D eigenvalue weighted by molar-refractivity contribution is 5.19. The van der Waals surface area contributed by atoms with Crippen molar-refractivity contribution in [2.75, 3.05) is 0 Å². The van der Waals surface area contributed by atoms with Crippen LogP contribution in [0.2, 0.25) is 0 Å². The fourth-order valence-electron chi connectivity index (χ4n) is 1.55. The van der Waals surface area contributed by atoms with E-state index in [0.29, 0.717) is 0 Å². The second kappa shape index (κ2) is 5.66. The van der Waals surface area contributed by atoms with Gasteiger partial charge in [-0.3, -0.25) is 0 Å². The summed E-state index contributed by atoms with van der Waals surface area (Å²) in [5, 5.41) is 0. The molecule has 0 saturated heterocycles. The van der Waals surface area contributed by atoms with Gasteiger partial charge in [0.15, 0.2) is 11.9 Å². The minimum absolute atomic E-state index is 0. The molecule has 0 atom stereocenters. The summed E-state index contributed by atoms with van der Waals surface area (Å²) < 4.78 is 2.16. The smallest absolute Gasteiger partial charge is 0.185 e. The lowest BCUT2D eigenvalue weighted by Gasteiger charge is -1.99. The van der Waals surface area contributed by atoms with Gasteiger partial charge >= 0.3 is 0 Å². The van der Waals surface area contributed by atoms with E-state index < -0.39 is 0 Å². The van der Waals surface area contributed by atoms with Crippen LogP contribution in [0.5, 0.6) is 0 Å². The van der Waals surface area contributed by atoms with Crippen LogP contribution in [0.25, 0.3) is 0 Å². The molecule has 1 aromatic carbocycles. The summed E-state index contributed by atoms with van der Waals surface area (Å²) >= 11 is 0. The molecule has 2 aromatic rings. The summed E-state index contributed by atoms with van der Waals surface area (Å²) in [4.78, 5) is 0. The van der Waals surface area contributed by atoms with E-state index in [1.807, 2.05) is 0 Å². The molecular weight excluding hydrogens is 250 g/mol. The number of nitrogens with zero attached hydrogens (tertiary/aromatic N) is 1. The molecule has 0 unspecified atom stereocenters. The Balaban J connectivity index is 0.00000112. The van der Waals surface area contributed by atoms with Crippen LogP contribution in [0, 0.1) is 0 Å². The van der Waals surface area contributed by atoms with Crippen molar-refractivity contribution < 1.29 is 21.5 Å². The Morgan fingerprint density at radius 1 is 0.933 bits per heavy atom. The van der Waals surface area contributed by atoms with E-state index in [-0.39, 0.29) is 17.0 Å². The van der Waals surface area contributed by atoms with Crippen LogP contribution >= 0.6 is 0 Å². The van der Waals surface area contributed by atoms with Crippen LogP contribution in [0.3, 0.4) is 0 Å². The van der Waals surface area contributed by atoms with Gasteiger partial charge in [-0.2, -0.15) is 0 Å². The van der Waals surface area contributed by atoms with Crippen molar-refractivity contribution >= 4 is 0 Å². The van der Waals surface area contributed by atoms with Gasteiger partial charge in [-0.15, -0.1) is 0 Å². The van der Waals surface area contributed by atoms with Gasteiger partial charge < -0.3 is 17.0 Å². The largest absolute Gasteiger partial charge is 1.00 e. The lowest BCUT2D eigenvalue weighted by molar-refractivity contribution is -0.678. The quantitative estimate of drug-likeness (QED) is 0.619. The number of hydrogen-bond donors (Lipinski definition) is 0. The highest BCUT2D eigenvalue weighted by atomic mass is 79.9. The molecule has 1 nitrogen and oxygen atoms in total. The van der Waals surface area contributed by atoms with Gasteiger partial charge in [0, 0.05) is 12.1 Å². The Kier molecular flexibility index (Phi) is 4.50. The zero-order valence-electron chi connectivity index (χ0n) is 8.73. The Morgan fingerprint density at radius 2 is 1.60 bits per heavy atom. The molecule has 0 aliphatic rings. The first-order valence-electron chi connectivity index (χ1n) is 4.84. The number of halogens is 1. The maximum absolute atomic E-state index is 2.16. The third-order valence-electron chi connectivity index (χ3n) is 2.39. The van der Waals surface area contributed by atoms with Crippen LogP contribution < -0.4 is 21.5 Å². The van der Waals surface area contributed by atoms with Gasteiger partial charge in [0.1, 0.15) is 7.05 Å². The van der Waals surface area contributed by atoms with E-state index in [1.54, 1.807) is 0 Å². The third kappa shape index (κ3) is 3.17. The average molecular weight is 264 g/mol. The molecule has 0 spiro atoms. The van der Waals surface area contributed by atoms with Crippen LogP contribution in [0.4, 0.5) is 0 Å². The van der Waals surface area contributed by atoms with Crippen molar-refractivity contribution in [2.45, 2.75) is 6.42 Å². The fourth-order valence-corrected chi connectivity index (χ4v) is 1.55. The third-order valence-corrected chi connectivity index (χ3v) is 2.39. The van der Waals surface area contributed by atoms with E-state index in [4.69, 9.17) is 0 Å². The first kappa shape index (κ1) is 11.9. The lowest BCUT2D eigenvalue weighted by Crippen LogP contribution is -3.00. The highest BCUT2D eigenvalue weighted by Crippen LogP contribution is 2.04. The molecule has 0 saturated carbocycles. The number of hydrogen-bond acceptors (Lipinski definition) is 0. The monoisotopic (exact) mass is 263 g/mol. The van der Waals surface area contributed by atoms with Crippen molar-refractivity contribution in [1.29, 1.82) is 0 Å².